The van der Waals surface area contributed by atoms with Crippen LogP contribution in [0.4, 0.5) is 11.4 Å². The van der Waals surface area contributed by atoms with Gasteiger partial charge in [-0.2, -0.15) is 5.26 Å². The van der Waals surface area contributed by atoms with Crippen LogP contribution in [0.25, 0.3) is 0 Å². The van der Waals surface area contributed by atoms with Crippen molar-refractivity contribution < 1.29 is 17.9 Å². The highest BCUT2D eigenvalue weighted by molar-refractivity contribution is 7.92. The van der Waals surface area contributed by atoms with Gasteiger partial charge in [0.15, 0.2) is 0 Å². The van der Waals surface area contributed by atoms with E-state index in [1.807, 2.05) is 13.0 Å². The molecule has 0 saturated heterocycles. The van der Waals surface area contributed by atoms with Crippen molar-refractivity contribution in [3.05, 3.63) is 83.9 Å². The molecule has 0 bridgehead atoms. The second kappa shape index (κ2) is 9.32. The molecule has 0 fully saturated rings. The average molecular weight is 436 g/mol. The van der Waals surface area contributed by atoms with Crippen molar-refractivity contribution in [1.82, 2.24) is 0 Å². The SMILES string of the molecule is COc1ccc(N(CC(=O)Nc2cccc(C#N)c2)S(=O)(=O)c2ccc(C)cc2)cc1. The van der Waals surface area contributed by atoms with E-state index in [0.29, 0.717) is 22.7 Å². The molecule has 0 heterocycles. The first-order valence-corrected chi connectivity index (χ1v) is 10.8. The molecule has 8 heteroatoms. The summed E-state index contributed by atoms with van der Waals surface area (Å²) < 4.78 is 32.9. The maximum atomic E-state index is 13.4. The smallest absolute Gasteiger partial charge is 0.264 e. The maximum absolute atomic E-state index is 13.4. The van der Waals surface area contributed by atoms with Crippen molar-refractivity contribution >= 4 is 27.3 Å². The van der Waals surface area contributed by atoms with Crippen molar-refractivity contribution in [2.75, 3.05) is 23.3 Å². The number of hydrogen-bond donors (Lipinski definition) is 1. The molecule has 158 valence electrons. The summed E-state index contributed by atoms with van der Waals surface area (Å²) in [5, 5.41) is 11.7. The number of aryl methyl sites for hydroxylation is 1. The number of nitriles is 1. The predicted octanol–water partition coefficient (Wildman–Crippen LogP) is 3.71. The predicted molar refractivity (Wildman–Crippen MR) is 118 cm³/mol. The van der Waals surface area contributed by atoms with Crippen molar-refractivity contribution in [3.8, 4) is 11.8 Å². The molecule has 0 unspecified atom stereocenters. The summed E-state index contributed by atoms with van der Waals surface area (Å²) in [5.41, 5.74) is 2.04. The first kappa shape index (κ1) is 21.9. The quantitative estimate of drug-likeness (QED) is 0.610. The summed E-state index contributed by atoms with van der Waals surface area (Å²) in [4.78, 5) is 12.8. The van der Waals surface area contributed by atoms with Crippen LogP contribution in [-0.4, -0.2) is 28.0 Å². The lowest BCUT2D eigenvalue weighted by atomic mass is 10.2. The fourth-order valence-electron chi connectivity index (χ4n) is 2.90. The van der Waals surface area contributed by atoms with Gasteiger partial charge in [-0.3, -0.25) is 9.10 Å². The van der Waals surface area contributed by atoms with Crippen LogP contribution in [0, 0.1) is 18.3 Å². The molecular weight excluding hydrogens is 414 g/mol. The molecule has 0 spiro atoms. The molecule has 3 rings (SSSR count). The molecule has 7 nitrogen and oxygen atoms in total. The number of carbonyl (C=O) groups is 1. The number of nitrogens with zero attached hydrogens (tertiary/aromatic N) is 2. The second-order valence-corrected chi connectivity index (χ2v) is 8.63. The summed E-state index contributed by atoms with van der Waals surface area (Å²) >= 11 is 0. The summed E-state index contributed by atoms with van der Waals surface area (Å²) in [6.07, 6.45) is 0. The Morgan fingerprint density at radius 3 is 2.35 bits per heavy atom. The number of nitrogens with one attached hydrogen (secondary N) is 1. The zero-order valence-electron chi connectivity index (χ0n) is 17.1. The van der Waals surface area contributed by atoms with Gasteiger partial charge in [0.2, 0.25) is 5.91 Å². The van der Waals surface area contributed by atoms with Crippen LogP contribution in [0.2, 0.25) is 0 Å². The standard InChI is InChI=1S/C23H21N3O4S/c1-17-6-12-22(13-7-17)31(28,29)26(20-8-10-21(30-2)11-9-20)16-23(27)25-19-5-3-4-18(14-19)15-24/h3-14H,16H2,1-2H3,(H,25,27). The fourth-order valence-corrected chi connectivity index (χ4v) is 4.32. The molecule has 3 aromatic rings. The highest BCUT2D eigenvalue weighted by Crippen LogP contribution is 2.26. The van der Waals surface area contributed by atoms with Crippen LogP contribution < -0.4 is 14.4 Å². The zero-order chi connectivity index (χ0) is 22.4. The van der Waals surface area contributed by atoms with Gasteiger partial charge in [-0.1, -0.05) is 23.8 Å². The highest BCUT2D eigenvalue weighted by atomic mass is 32.2. The van der Waals surface area contributed by atoms with Gasteiger partial charge in [0.05, 0.1) is 29.3 Å². The fraction of sp³-hybridized carbons (Fsp3) is 0.130. The molecule has 0 radical (unpaired) electrons. The summed E-state index contributed by atoms with van der Waals surface area (Å²) in [6.45, 7) is 1.42. The van der Waals surface area contributed by atoms with Crippen molar-refractivity contribution in [1.29, 1.82) is 5.26 Å². The Kier molecular flexibility index (Phi) is 6.58. The van der Waals surface area contributed by atoms with Crippen LogP contribution in [0.1, 0.15) is 11.1 Å². The van der Waals surface area contributed by atoms with Crippen LogP contribution in [0.15, 0.2) is 77.7 Å². The number of ether oxygens (including phenoxy) is 1. The minimum absolute atomic E-state index is 0.0770. The largest absolute Gasteiger partial charge is 0.497 e. The van der Waals surface area contributed by atoms with Gasteiger partial charge >= 0.3 is 0 Å². The number of carbonyl (C=O) groups excluding carboxylic acids is 1. The zero-order valence-corrected chi connectivity index (χ0v) is 17.9. The Hall–Kier alpha value is -3.83. The van der Waals surface area contributed by atoms with E-state index in [2.05, 4.69) is 5.32 Å². The number of benzene rings is 3. The van der Waals surface area contributed by atoms with E-state index in [-0.39, 0.29) is 4.90 Å². The van der Waals surface area contributed by atoms with Gasteiger partial charge in [0, 0.05) is 5.69 Å². The molecule has 0 aliphatic rings. The number of hydrogen-bond acceptors (Lipinski definition) is 5. The van der Waals surface area contributed by atoms with E-state index >= 15 is 0 Å². The third-order valence-electron chi connectivity index (χ3n) is 4.53. The highest BCUT2D eigenvalue weighted by Gasteiger charge is 2.27. The minimum Gasteiger partial charge on any atom is -0.497 e. The summed E-state index contributed by atoms with van der Waals surface area (Å²) in [6, 6.07) is 21.2. The molecule has 1 N–H and O–H groups in total. The summed E-state index contributed by atoms with van der Waals surface area (Å²) in [5.74, 6) is 0.0239. The first-order valence-electron chi connectivity index (χ1n) is 9.37. The molecule has 0 saturated carbocycles. The van der Waals surface area contributed by atoms with Crippen molar-refractivity contribution in [2.24, 2.45) is 0 Å². The van der Waals surface area contributed by atoms with Gasteiger partial charge in [-0.05, 0) is 61.5 Å². The Bertz CT molecular complexity index is 1210. The maximum Gasteiger partial charge on any atom is 0.264 e. The third kappa shape index (κ3) is 5.21. The van der Waals surface area contributed by atoms with E-state index in [9.17, 15) is 13.2 Å². The molecule has 1 amide bonds. The van der Waals surface area contributed by atoms with Gasteiger partial charge < -0.3 is 10.1 Å². The molecule has 0 atom stereocenters. The number of anilines is 2. The summed E-state index contributed by atoms with van der Waals surface area (Å²) in [7, 11) is -2.50. The first-order chi connectivity index (χ1) is 14.8. The van der Waals surface area contributed by atoms with E-state index in [1.165, 1.54) is 25.3 Å². The number of methoxy groups -OCH3 is 1. The Morgan fingerprint density at radius 1 is 1.06 bits per heavy atom. The lowest BCUT2D eigenvalue weighted by Crippen LogP contribution is -2.38. The number of sulfonamides is 1. The van der Waals surface area contributed by atoms with Crippen LogP contribution in [0.5, 0.6) is 5.75 Å². The topological polar surface area (TPSA) is 99.5 Å². The van der Waals surface area contributed by atoms with Crippen molar-refractivity contribution in [3.63, 3.8) is 0 Å². The monoisotopic (exact) mass is 435 g/mol. The molecule has 0 aliphatic heterocycles. The lowest BCUT2D eigenvalue weighted by Gasteiger charge is -2.24. The average Bonchev–Trinajstić information content (AvgIpc) is 2.78. The number of amides is 1. The van der Waals surface area contributed by atoms with E-state index in [0.717, 1.165) is 9.87 Å². The van der Waals surface area contributed by atoms with Gasteiger partial charge in [0.25, 0.3) is 10.0 Å². The molecule has 3 aromatic carbocycles. The van der Waals surface area contributed by atoms with Crippen LogP contribution in [0.3, 0.4) is 0 Å². The molecule has 0 aromatic heterocycles. The third-order valence-corrected chi connectivity index (χ3v) is 6.32. The van der Waals surface area contributed by atoms with Gasteiger partial charge in [-0.15, -0.1) is 0 Å². The van der Waals surface area contributed by atoms with Crippen LogP contribution in [-0.2, 0) is 14.8 Å². The minimum atomic E-state index is -4.01. The molecular formula is C23H21N3O4S. The van der Waals surface area contributed by atoms with Crippen LogP contribution >= 0.6 is 0 Å². The van der Waals surface area contributed by atoms with Gasteiger partial charge in [0.1, 0.15) is 12.3 Å². The van der Waals surface area contributed by atoms with E-state index in [1.54, 1.807) is 54.6 Å². The lowest BCUT2D eigenvalue weighted by molar-refractivity contribution is -0.114. The van der Waals surface area contributed by atoms with Gasteiger partial charge in [-0.25, -0.2) is 8.42 Å². The van der Waals surface area contributed by atoms with Crippen molar-refractivity contribution in [2.45, 2.75) is 11.8 Å². The Balaban J connectivity index is 1.94. The Morgan fingerprint density at radius 2 is 1.74 bits per heavy atom. The van der Waals surface area contributed by atoms with E-state index < -0.39 is 22.5 Å². The second-order valence-electron chi connectivity index (χ2n) is 6.76. The molecule has 31 heavy (non-hydrogen) atoms. The molecule has 0 aliphatic carbocycles. The van der Waals surface area contributed by atoms with E-state index in [4.69, 9.17) is 10.00 Å². The Labute approximate surface area is 181 Å². The number of rotatable bonds is 7. The normalized spacial score (nSPS) is 10.7.